The summed E-state index contributed by atoms with van der Waals surface area (Å²) in [6.45, 7) is 4.61. The number of nitrogens with zero attached hydrogens (tertiary/aromatic N) is 1. The second-order valence-corrected chi connectivity index (χ2v) is 22.4. The van der Waals surface area contributed by atoms with Crippen molar-refractivity contribution in [2.75, 3.05) is 40.9 Å². The second-order valence-electron chi connectivity index (χ2n) is 21.0. The minimum absolute atomic E-state index is 0.00556. The lowest BCUT2D eigenvalue weighted by Crippen LogP contribution is -2.45. The largest absolute Gasteiger partial charge is 0.756 e. The van der Waals surface area contributed by atoms with Gasteiger partial charge in [0.15, 0.2) is 0 Å². The molecule has 0 saturated heterocycles. The number of aliphatic hydroxyl groups excluding tert-OH is 1. The summed E-state index contributed by atoms with van der Waals surface area (Å²) in [6, 6.07) is -0.900. The van der Waals surface area contributed by atoms with Crippen molar-refractivity contribution in [1.29, 1.82) is 0 Å². The van der Waals surface area contributed by atoms with Crippen LogP contribution in [0.15, 0.2) is 36.5 Å². The molecular weight excluding hydrogens is 852 g/mol. The van der Waals surface area contributed by atoms with Crippen LogP contribution in [0.5, 0.6) is 0 Å². The topological polar surface area (TPSA) is 108 Å². The Kier molecular flexibility index (Phi) is 48.7. The average Bonchev–Trinajstić information content (AvgIpc) is 3.29. The third-order valence-corrected chi connectivity index (χ3v) is 14.0. The van der Waals surface area contributed by atoms with Gasteiger partial charge in [0.2, 0.25) is 5.91 Å². The van der Waals surface area contributed by atoms with E-state index in [1.807, 2.05) is 27.2 Å². The lowest BCUT2D eigenvalue weighted by atomic mass is 10.0. The molecule has 0 aliphatic heterocycles. The maximum atomic E-state index is 12.9. The summed E-state index contributed by atoms with van der Waals surface area (Å²) in [5.74, 6) is -0.206. The summed E-state index contributed by atoms with van der Waals surface area (Å²) >= 11 is 0. The average molecular weight is 966 g/mol. The van der Waals surface area contributed by atoms with Gasteiger partial charge < -0.3 is 28.8 Å². The van der Waals surface area contributed by atoms with Gasteiger partial charge in [0, 0.05) is 6.42 Å². The molecule has 0 fully saturated rings. The fourth-order valence-corrected chi connectivity index (χ4v) is 9.24. The van der Waals surface area contributed by atoms with Crippen molar-refractivity contribution in [2.24, 2.45) is 0 Å². The van der Waals surface area contributed by atoms with Gasteiger partial charge in [-0.05, 0) is 57.8 Å². The number of allylic oxidation sites excluding steroid dienone is 5. The summed E-state index contributed by atoms with van der Waals surface area (Å²) < 4.78 is 23.2. The van der Waals surface area contributed by atoms with Crippen LogP contribution in [0.3, 0.4) is 0 Å². The fourth-order valence-electron chi connectivity index (χ4n) is 8.52. The molecule has 0 aromatic heterocycles. The SMILES string of the molecule is CCCCCC/C=C/CC/C=C/C(O)C(COP(=O)([O-])OCC[N+](C)(C)C)NC(=O)CCCCCCCCCCCCCCCCCCC/C=C\CCCCCCCCCCCCCCCC. The number of nitrogens with one attached hydrogen (secondary N) is 1. The van der Waals surface area contributed by atoms with Crippen LogP contribution in [0.4, 0.5) is 0 Å². The molecule has 0 aromatic carbocycles. The zero-order chi connectivity index (χ0) is 49.2. The normalized spacial score (nSPS) is 14.2. The van der Waals surface area contributed by atoms with E-state index in [2.05, 4.69) is 43.5 Å². The van der Waals surface area contributed by atoms with Gasteiger partial charge in [-0.15, -0.1) is 0 Å². The van der Waals surface area contributed by atoms with Crippen LogP contribution in [0.25, 0.3) is 0 Å². The number of likely N-dealkylation sites (N-methyl/N-ethyl adjacent to an activating group) is 1. The Morgan fingerprint density at radius 1 is 0.507 bits per heavy atom. The van der Waals surface area contributed by atoms with E-state index in [-0.39, 0.29) is 12.5 Å². The Balaban J connectivity index is 3.90. The summed E-state index contributed by atoms with van der Waals surface area (Å²) in [7, 11) is 1.25. The van der Waals surface area contributed by atoms with Crippen molar-refractivity contribution in [3.63, 3.8) is 0 Å². The summed E-state index contributed by atoms with van der Waals surface area (Å²) in [4.78, 5) is 25.3. The van der Waals surface area contributed by atoms with Crippen LogP contribution in [-0.4, -0.2) is 68.5 Å². The maximum Gasteiger partial charge on any atom is 0.268 e. The molecule has 67 heavy (non-hydrogen) atoms. The minimum Gasteiger partial charge on any atom is -0.756 e. The number of carbonyl (C=O) groups excluding carboxylic acids is 1. The molecule has 8 nitrogen and oxygen atoms in total. The van der Waals surface area contributed by atoms with Crippen LogP contribution in [0.2, 0.25) is 0 Å². The van der Waals surface area contributed by atoms with Gasteiger partial charge in [-0.2, -0.15) is 0 Å². The number of phosphoric ester groups is 1. The van der Waals surface area contributed by atoms with E-state index in [1.165, 1.54) is 218 Å². The van der Waals surface area contributed by atoms with E-state index < -0.39 is 26.6 Å². The van der Waals surface area contributed by atoms with Gasteiger partial charge in [-0.25, -0.2) is 0 Å². The molecule has 0 heterocycles. The molecular formula is C58H113N2O6P. The first kappa shape index (κ1) is 65.7. The van der Waals surface area contributed by atoms with Gasteiger partial charge in [-0.3, -0.25) is 9.36 Å². The Morgan fingerprint density at radius 2 is 0.836 bits per heavy atom. The lowest BCUT2D eigenvalue weighted by Gasteiger charge is -2.29. The van der Waals surface area contributed by atoms with Crippen LogP contribution in [-0.2, 0) is 18.4 Å². The molecule has 0 aliphatic rings. The Labute approximate surface area is 417 Å². The van der Waals surface area contributed by atoms with Gasteiger partial charge in [-0.1, -0.05) is 249 Å². The zero-order valence-corrected chi connectivity index (χ0v) is 46.0. The van der Waals surface area contributed by atoms with Crippen molar-refractivity contribution in [1.82, 2.24) is 5.32 Å². The third-order valence-electron chi connectivity index (χ3n) is 13.1. The number of amides is 1. The van der Waals surface area contributed by atoms with E-state index >= 15 is 0 Å². The summed E-state index contributed by atoms with van der Waals surface area (Å²) in [5, 5.41) is 13.8. The molecule has 396 valence electrons. The second kappa shape index (κ2) is 49.7. The number of unbranched alkanes of at least 4 members (excludes halogenated alkanes) is 36. The predicted molar refractivity (Wildman–Crippen MR) is 288 cm³/mol. The van der Waals surface area contributed by atoms with E-state index in [0.29, 0.717) is 17.4 Å². The van der Waals surface area contributed by atoms with Crippen molar-refractivity contribution < 1.29 is 32.9 Å². The highest BCUT2D eigenvalue weighted by Gasteiger charge is 2.23. The molecule has 0 bridgehead atoms. The zero-order valence-electron chi connectivity index (χ0n) is 45.1. The summed E-state index contributed by atoms with van der Waals surface area (Å²) in [6.07, 6.45) is 64.1. The van der Waals surface area contributed by atoms with Crippen molar-refractivity contribution in [3.05, 3.63) is 36.5 Å². The molecule has 3 unspecified atom stereocenters. The van der Waals surface area contributed by atoms with Crippen molar-refractivity contribution in [2.45, 2.75) is 289 Å². The number of rotatable bonds is 53. The number of hydrogen-bond acceptors (Lipinski definition) is 6. The first-order valence-electron chi connectivity index (χ1n) is 28.9. The van der Waals surface area contributed by atoms with Crippen molar-refractivity contribution in [3.8, 4) is 0 Å². The predicted octanol–water partition coefficient (Wildman–Crippen LogP) is 16.7. The molecule has 3 atom stereocenters. The molecule has 0 aliphatic carbocycles. The number of aliphatic hydroxyl groups is 1. The van der Waals surface area contributed by atoms with E-state index in [9.17, 15) is 19.4 Å². The highest BCUT2D eigenvalue weighted by molar-refractivity contribution is 7.45. The molecule has 1 amide bonds. The highest BCUT2D eigenvalue weighted by Crippen LogP contribution is 2.38. The fraction of sp³-hybridized carbons (Fsp3) is 0.879. The lowest BCUT2D eigenvalue weighted by molar-refractivity contribution is -0.870. The number of phosphoric acid groups is 1. The molecule has 2 N–H and O–H groups in total. The number of carbonyl (C=O) groups is 1. The Morgan fingerprint density at radius 3 is 1.22 bits per heavy atom. The standard InChI is InChI=1S/C58H113N2O6P/c1-6-8-10-12-14-16-18-19-20-21-22-23-24-25-26-27-28-29-30-31-32-33-34-35-36-37-38-39-40-41-42-44-46-48-50-52-58(62)59-56(55-66-67(63,64)65-54-53-60(3,4)5)57(61)51-49-47-45-43-17-15-13-11-9-7-2/h17,27-28,43,49,51,56-57,61H,6-16,18-26,29-42,44-48,50,52-55H2,1-5H3,(H-,59,62,63,64)/b28-27-,43-17+,51-49+. The third kappa shape index (κ3) is 52.4. The first-order valence-corrected chi connectivity index (χ1v) is 30.3. The number of quaternary nitrogens is 1. The minimum atomic E-state index is -4.59. The van der Waals surface area contributed by atoms with E-state index in [1.54, 1.807) is 6.08 Å². The van der Waals surface area contributed by atoms with Crippen LogP contribution in [0.1, 0.15) is 277 Å². The molecule has 0 spiro atoms. The Bertz CT molecular complexity index is 1190. The maximum absolute atomic E-state index is 12.9. The molecule has 0 radical (unpaired) electrons. The molecule has 9 heteroatoms. The van der Waals surface area contributed by atoms with E-state index in [0.717, 1.165) is 38.5 Å². The van der Waals surface area contributed by atoms with Gasteiger partial charge in [0.05, 0.1) is 39.9 Å². The van der Waals surface area contributed by atoms with Crippen LogP contribution < -0.4 is 10.2 Å². The van der Waals surface area contributed by atoms with Gasteiger partial charge in [0.25, 0.3) is 7.82 Å². The molecule has 0 saturated carbocycles. The highest BCUT2D eigenvalue weighted by atomic mass is 31.2. The molecule has 0 aromatic rings. The monoisotopic (exact) mass is 965 g/mol. The number of hydrogen-bond donors (Lipinski definition) is 2. The van der Waals surface area contributed by atoms with Gasteiger partial charge in [0.1, 0.15) is 13.2 Å². The van der Waals surface area contributed by atoms with Crippen molar-refractivity contribution >= 4 is 13.7 Å². The quantitative estimate of drug-likeness (QED) is 0.0272. The van der Waals surface area contributed by atoms with Gasteiger partial charge >= 0.3 is 0 Å². The van der Waals surface area contributed by atoms with Crippen LogP contribution in [0, 0.1) is 0 Å². The molecule has 0 rings (SSSR count). The van der Waals surface area contributed by atoms with Crippen LogP contribution >= 0.6 is 7.82 Å². The smallest absolute Gasteiger partial charge is 0.268 e. The Hall–Kier alpha value is -1.28. The summed E-state index contributed by atoms with van der Waals surface area (Å²) in [5.41, 5.74) is 0. The van der Waals surface area contributed by atoms with E-state index in [4.69, 9.17) is 9.05 Å². The first-order chi connectivity index (χ1) is 32.5.